The number of hydrogen-bond acceptors (Lipinski definition) is 3. The van der Waals surface area contributed by atoms with Crippen LogP contribution in [0.5, 0.6) is 5.75 Å². The van der Waals surface area contributed by atoms with Crippen LogP contribution < -0.4 is 10.1 Å². The zero-order valence-corrected chi connectivity index (χ0v) is 13.4. The summed E-state index contributed by atoms with van der Waals surface area (Å²) >= 11 is 6.00. The molecule has 0 spiro atoms. The first kappa shape index (κ1) is 15.6. The number of ether oxygens (including phenoxy) is 1. The van der Waals surface area contributed by atoms with Crippen molar-refractivity contribution in [3.63, 3.8) is 0 Å². The van der Waals surface area contributed by atoms with E-state index in [0.29, 0.717) is 11.6 Å². The van der Waals surface area contributed by atoms with Crippen molar-refractivity contribution in [1.82, 2.24) is 14.9 Å². The van der Waals surface area contributed by atoms with Gasteiger partial charge in [0.05, 0.1) is 17.5 Å². The Balaban J connectivity index is 2.62. The molecule has 1 unspecified atom stereocenters. The zero-order chi connectivity index (χ0) is 15.6. The Labute approximate surface area is 129 Å². The Morgan fingerprint density at radius 1 is 1.43 bits per heavy atom. The van der Waals surface area contributed by atoms with Crippen LogP contribution in [0.2, 0.25) is 0 Å². The van der Waals surface area contributed by atoms with Crippen molar-refractivity contribution in [2.75, 3.05) is 7.05 Å². The molecule has 6 heteroatoms. The van der Waals surface area contributed by atoms with Gasteiger partial charge in [-0.05, 0) is 32.9 Å². The Bertz CT molecular complexity index is 652. The zero-order valence-electron chi connectivity index (χ0n) is 12.7. The molecule has 0 aliphatic heterocycles. The fourth-order valence-corrected chi connectivity index (χ4v) is 2.53. The molecule has 21 heavy (non-hydrogen) atoms. The van der Waals surface area contributed by atoms with Crippen LogP contribution in [0.3, 0.4) is 0 Å². The highest BCUT2D eigenvalue weighted by molar-refractivity contribution is 6.17. The lowest BCUT2D eigenvalue weighted by Crippen LogP contribution is -2.28. The molecule has 0 aliphatic rings. The molecule has 0 aliphatic carbocycles. The minimum atomic E-state index is -0.386. The van der Waals surface area contributed by atoms with Gasteiger partial charge < -0.3 is 14.6 Å². The number of carbonyl (C=O) groups is 1. The number of aromatic nitrogens is 2. The van der Waals surface area contributed by atoms with E-state index >= 15 is 0 Å². The molecule has 0 saturated carbocycles. The lowest BCUT2D eigenvalue weighted by atomic mass is 10.2. The predicted molar refractivity (Wildman–Crippen MR) is 83.8 cm³/mol. The summed E-state index contributed by atoms with van der Waals surface area (Å²) in [5.41, 5.74) is 1.58. The molecule has 1 aromatic carbocycles. The van der Waals surface area contributed by atoms with Gasteiger partial charge in [0.2, 0.25) is 5.91 Å². The third-order valence-corrected chi connectivity index (χ3v) is 3.49. The lowest BCUT2D eigenvalue weighted by Gasteiger charge is -2.15. The van der Waals surface area contributed by atoms with E-state index in [1.54, 1.807) is 7.05 Å². The largest absolute Gasteiger partial charge is 0.489 e. The number of imidazole rings is 1. The summed E-state index contributed by atoms with van der Waals surface area (Å²) in [6, 6.07) is 5.31. The van der Waals surface area contributed by atoms with E-state index in [0.717, 1.165) is 11.0 Å². The summed E-state index contributed by atoms with van der Waals surface area (Å²) in [6.45, 7) is 5.75. The molecule has 0 bridgehead atoms. The molecule has 2 rings (SSSR count). The normalized spacial score (nSPS) is 12.7. The van der Waals surface area contributed by atoms with Crippen LogP contribution in [-0.4, -0.2) is 28.6 Å². The van der Waals surface area contributed by atoms with Crippen LogP contribution in [-0.2, 0) is 10.7 Å². The van der Waals surface area contributed by atoms with Gasteiger partial charge in [-0.3, -0.25) is 4.79 Å². The molecule has 1 N–H and O–H groups in total. The summed E-state index contributed by atoms with van der Waals surface area (Å²) in [5, 5.41) is 2.65. The highest BCUT2D eigenvalue weighted by atomic mass is 35.5. The number of halogens is 1. The molecule has 1 aromatic heterocycles. The van der Waals surface area contributed by atoms with Gasteiger partial charge in [0, 0.05) is 7.05 Å². The second-order valence-corrected chi connectivity index (χ2v) is 5.38. The number of alkyl halides is 1. The van der Waals surface area contributed by atoms with Crippen LogP contribution >= 0.6 is 11.6 Å². The summed E-state index contributed by atoms with van der Waals surface area (Å²) in [4.78, 5) is 16.5. The summed E-state index contributed by atoms with van der Waals surface area (Å²) < 4.78 is 7.64. The van der Waals surface area contributed by atoms with Crippen molar-refractivity contribution in [1.29, 1.82) is 0 Å². The second-order valence-electron chi connectivity index (χ2n) is 5.11. The Hall–Kier alpha value is -1.75. The van der Waals surface area contributed by atoms with Crippen molar-refractivity contribution in [3.8, 4) is 5.75 Å². The van der Waals surface area contributed by atoms with Gasteiger partial charge in [0.25, 0.3) is 0 Å². The predicted octanol–water partition coefficient (Wildman–Crippen LogP) is 2.87. The van der Waals surface area contributed by atoms with Gasteiger partial charge in [-0.25, -0.2) is 4.98 Å². The van der Waals surface area contributed by atoms with Crippen LogP contribution in [0.15, 0.2) is 18.2 Å². The number of likely N-dealkylation sites (N-methyl/N-ethyl adjacent to an activating group) is 1. The lowest BCUT2D eigenvalue weighted by molar-refractivity contribution is -0.123. The number of carbonyl (C=O) groups excluding carboxylic acids is 1. The first-order chi connectivity index (χ1) is 9.99. The Kier molecular flexibility index (Phi) is 4.73. The van der Waals surface area contributed by atoms with Gasteiger partial charge in [0.1, 0.15) is 23.1 Å². The fourth-order valence-electron chi connectivity index (χ4n) is 2.34. The Morgan fingerprint density at radius 2 is 2.14 bits per heavy atom. The summed E-state index contributed by atoms with van der Waals surface area (Å²) in [7, 11) is 1.62. The molecule has 0 saturated heterocycles. The van der Waals surface area contributed by atoms with Gasteiger partial charge >= 0.3 is 0 Å². The third kappa shape index (κ3) is 2.97. The maximum Gasteiger partial charge on any atom is 0.242 e. The van der Waals surface area contributed by atoms with E-state index in [2.05, 4.69) is 10.3 Å². The smallest absolute Gasteiger partial charge is 0.242 e. The Morgan fingerprint density at radius 3 is 2.71 bits per heavy atom. The SMILES string of the molecule is CNC(=O)C(C)n1c(CCl)nc2c(OC(C)C)cccc21. The number of amides is 1. The van der Waals surface area contributed by atoms with Crippen molar-refractivity contribution in [3.05, 3.63) is 24.0 Å². The van der Waals surface area contributed by atoms with Gasteiger partial charge in [-0.2, -0.15) is 0 Å². The van der Waals surface area contributed by atoms with Crippen molar-refractivity contribution in [2.24, 2.45) is 0 Å². The fraction of sp³-hybridized carbons (Fsp3) is 0.467. The topological polar surface area (TPSA) is 56.2 Å². The highest BCUT2D eigenvalue weighted by Gasteiger charge is 2.22. The third-order valence-electron chi connectivity index (χ3n) is 3.25. The van der Waals surface area contributed by atoms with Gasteiger partial charge in [-0.15, -0.1) is 11.6 Å². The number of para-hydroxylation sites is 1. The van der Waals surface area contributed by atoms with Crippen molar-refractivity contribution >= 4 is 28.5 Å². The number of fused-ring (bicyclic) bond motifs is 1. The number of rotatable bonds is 5. The van der Waals surface area contributed by atoms with E-state index in [4.69, 9.17) is 16.3 Å². The number of nitrogens with zero attached hydrogens (tertiary/aromatic N) is 2. The molecule has 0 radical (unpaired) electrons. The summed E-state index contributed by atoms with van der Waals surface area (Å²) in [6.07, 6.45) is 0.0524. The molecule has 1 amide bonds. The maximum atomic E-state index is 12.0. The second kappa shape index (κ2) is 6.35. The highest BCUT2D eigenvalue weighted by Crippen LogP contribution is 2.29. The first-order valence-corrected chi connectivity index (χ1v) is 7.47. The molecule has 1 atom stereocenters. The van der Waals surface area contributed by atoms with E-state index < -0.39 is 0 Å². The minimum Gasteiger partial charge on any atom is -0.489 e. The monoisotopic (exact) mass is 309 g/mol. The standard InChI is InChI=1S/C15H20ClN3O2/c1-9(2)21-12-7-5-6-11-14(12)18-13(8-16)19(11)10(3)15(20)17-4/h5-7,9-10H,8H2,1-4H3,(H,17,20). The molecule has 5 nitrogen and oxygen atoms in total. The number of benzene rings is 1. The van der Waals surface area contributed by atoms with Crippen molar-refractivity contribution < 1.29 is 9.53 Å². The van der Waals surface area contributed by atoms with Crippen LogP contribution in [0.4, 0.5) is 0 Å². The molecule has 2 aromatic rings. The van der Waals surface area contributed by atoms with E-state index in [1.807, 2.05) is 43.5 Å². The molecule has 1 heterocycles. The van der Waals surface area contributed by atoms with Gasteiger partial charge in [0.15, 0.2) is 0 Å². The van der Waals surface area contributed by atoms with E-state index in [-0.39, 0.29) is 23.9 Å². The first-order valence-electron chi connectivity index (χ1n) is 6.93. The van der Waals surface area contributed by atoms with Crippen LogP contribution in [0, 0.1) is 0 Å². The molecular formula is C15H20ClN3O2. The quantitative estimate of drug-likeness (QED) is 0.864. The van der Waals surface area contributed by atoms with Crippen LogP contribution in [0.1, 0.15) is 32.6 Å². The van der Waals surface area contributed by atoms with E-state index in [9.17, 15) is 4.79 Å². The van der Waals surface area contributed by atoms with Gasteiger partial charge in [-0.1, -0.05) is 6.07 Å². The molecular weight excluding hydrogens is 290 g/mol. The molecule has 0 fully saturated rings. The van der Waals surface area contributed by atoms with Crippen molar-refractivity contribution in [2.45, 2.75) is 38.8 Å². The van der Waals surface area contributed by atoms with Crippen LogP contribution in [0.25, 0.3) is 11.0 Å². The average molecular weight is 310 g/mol. The molecule has 114 valence electrons. The maximum absolute atomic E-state index is 12.0. The average Bonchev–Trinajstić information content (AvgIpc) is 2.84. The number of hydrogen-bond donors (Lipinski definition) is 1. The summed E-state index contributed by atoms with van der Waals surface area (Å²) in [5.74, 6) is 1.51. The number of nitrogens with one attached hydrogen (secondary N) is 1. The van der Waals surface area contributed by atoms with E-state index in [1.165, 1.54) is 0 Å². The minimum absolute atomic E-state index is 0.0524.